The van der Waals surface area contributed by atoms with Crippen molar-refractivity contribution in [3.05, 3.63) is 5.82 Å². The Morgan fingerprint density at radius 1 is 1.33 bits per heavy atom. The summed E-state index contributed by atoms with van der Waals surface area (Å²) in [7, 11) is 0. The number of nitrogens with one attached hydrogen (secondary N) is 1. The molecule has 1 aliphatic carbocycles. The summed E-state index contributed by atoms with van der Waals surface area (Å²) in [6, 6.07) is 0.511. The maximum atomic E-state index is 4.20. The van der Waals surface area contributed by atoms with Crippen LogP contribution >= 0.6 is 0 Å². The van der Waals surface area contributed by atoms with Crippen LogP contribution < -0.4 is 5.32 Å². The first-order valence-electron chi connectivity index (χ1n) is 7.32. The van der Waals surface area contributed by atoms with Gasteiger partial charge in [-0.15, -0.1) is 5.10 Å². The molecule has 1 N–H and O–H groups in total. The lowest BCUT2D eigenvalue weighted by Crippen LogP contribution is -2.24. The lowest BCUT2D eigenvalue weighted by atomic mass is 9.84. The summed E-state index contributed by atoms with van der Waals surface area (Å²) in [4.78, 5) is 0. The van der Waals surface area contributed by atoms with Gasteiger partial charge in [-0.1, -0.05) is 33.1 Å². The molecule has 2 unspecified atom stereocenters. The summed E-state index contributed by atoms with van der Waals surface area (Å²) in [6.45, 7) is 6.27. The van der Waals surface area contributed by atoms with Crippen molar-refractivity contribution in [1.82, 2.24) is 25.5 Å². The second-order valence-corrected chi connectivity index (χ2v) is 5.31. The van der Waals surface area contributed by atoms with Gasteiger partial charge in [0.25, 0.3) is 0 Å². The molecule has 0 aliphatic heterocycles. The van der Waals surface area contributed by atoms with Crippen LogP contribution in [0.3, 0.4) is 0 Å². The van der Waals surface area contributed by atoms with Crippen LogP contribution in [0.2, 0.25) is 0 Å². The third-order valence-corrected chi connectivity index (χ3v) is 3.95. The highest BCUT2D eigenvalue weighted by Gasteiger charge is 2.24. The first kappa shape index (κ1) is 13.5. The number of aromatic nitrogens is 4. The molecule has 0 spiro atoms. The van der Waals surface area contributed by atoms with Gasteiger partial charge in [-0.05, 0) is 42.2 Å². The van der Waals surface area contributed by atoms with Gasteiger partial charge >= 0.3 is 0 Å². The van der Waals surface area contributed by atoms with Crippen LogP contribution in [0.25, 0.3) is 0 Å². The summed E-state index contributed by atoms with van der Waals surface area (Å²) >= 11 is 0. The van der Waals surface area contributed by atoms with Gasteiger partial charge < -0.3 is 5.32 Å². The molecule has 0 amide bonds. The predicted molar refractivity (Wildman–Crippen MR) is 71.1 cm³/mol. The number of nitrogens with zero attached hydrogens (tertiary/aromatic N) is 4. The minimum absolute atomic E-state index is 0.511. The quantitative estimate of drug-likeness (QED) is 0.788. The van der Waals surface area contributed by atoms with Crippen molar-refractivity contribution in [3.63, 3.8) is 0 Å². The molecule has 5 heteroatoms. The van der Waals surface area contributed by atoms with Crippen molar-refractivity contribution in [3.8, 4) is 0 Å². The molecule has 1 saturated carbocycles. The van der Waals surface area contributed by atoms with Gasteiger partial charge in [-0.2, -0.15) is 0 Å². The van der Waals surface area contributed by atoms with E-state index >= 15 is 0 Å². The largest absolute Gasteiger partial charge is 0.310 e. The maximum absolute atomic E-state index is 4.20. The molecule has 5 nitrogen and oxygen atoms in total. The Morgan fingerprint density at radius 3 is 3.00 bits per heavy atom. The summed E-state index contributed by atoms with van der Waals surface area (Å²) < 4.78 is 2.06. The van der Waals surface area contributed by atoms with E-state index in [0.717, 1.165) is 31.3 Å². The maximum Gasteiger partial charge on any atom is 0.165 e. The van der Waals surface area contributed by atoms with Gasteiger partial charge in [-0.3, -0.25) is 0 Å². The van der Waals surface area contributed by atoms with Crippen molar-refractivity contribution in [2.24, 2.45) is 5.92 Å². The van der Waals surface area contributed by atoms with E-state index in [0.29, 0.717) is 6.04 Å². The summed E-state index contributed by atoms with van der Waals surface area (Å²) in [5, 5.41) is 15.6. The normalized spacial score (nSPS) is 24.3. The Balaban J connectivity index is 1.97. The highest BCUT2D eigenvalue weighted by Crippen LogP contribution is 2.33. The lowest BCUT2D eigenvalue weighted by Gasteiger charge is -2.28. The molecule has 102 valence electrons. The van der Waals surface area contributed by atoms with E-state index in [1.165, 1.54) is 32.1 Å². The number of hydrogen-bond acceptors (Lipinski definition) is 4. The third-order valence-electron chi connectivity index (χ3n) is 3.95. The van der Waals surface area contributed by atoms with Gasteiger partial charge in [0, 0.05) is 0 Å². The molecule has 1 aromatic rings. The molecule has 1 heterocycles. The predicted octanol–water partition coefficient (Wildman–Crippen LogP) is 2.31. The molecule has 0 aromatic carbocycles. The van der Waals surface area contributed by atoms with Gasteiger partial charge in [0.05, 0.1) is 12.6 Å². The molecule has 0 bridgehead atoms. The smallest absolute Gasteiger partial charge is 0.165 e. The van der Waals surface area contributed by atoms with E-state index in [1.54, 1.807) is 0 Å². The molecular weight excluding hydrogens is 226 g/mol. The third kappa shape index (κ3) is 3.28. The van der Waals surface area contributed by atoms with E-state index in [2.05, 4.69) is 39.4 Å². The zero-order valence-corrected chi connectivity index (χ0v) is 11.6. The van der Waals surface area contributed by atoms with E-state index in [1.807, 2.05) is 0 Å². The molecule has 2 atom stereocenters. The zero-order valence-electron chi connectivity index (χ0n) is 11.6. The molecule has 18 heavy (non-hydrogen) atoms. The Bertz CT molecular complexity index is 349. The van der Waals surface area contributed by atoms with Crippen LogP contribution in [0.15, 0.2) is 0 Å². The van der Waals surface area contributed by atoms with E-state index in [-0.39, 0.29) is 0 Å². The van der Waals surface area contributed by atoms with Crippen molar-refractivity contribution >= 4 is 0 Å². The molecular formula is C13H25N5. The topological polar surface area (TPSA) is 55.6 Å². The summed E-state index contributed by atoms with van der Waals surface area (Å²) in [6.07, 6.45) is 7.57. The summed E-state index contributed by atoms with van der Waals surface area (Å²) in [5.74, 6) is 1.84. The molecule has 1 fully saturated rings. The Kier molecular flexibility index (Phi) is 5.11. The Hall–Kier alpha value is -0.970. The minimum atomic E-state index is 0.511. The zero-order chi connectivity index (χ0) is 12.8. The lowest BCUT2D eigenvalue weighted by molar-refractivity contribution is 0.240. The second kappa shape index (κ2) is 6.83. The fraction of sp³-hybridized carbons (Fsp3) is 0.923. The van der Waals surface area contributed by atoms with E-state index in [9.17, 15) is 0 Å². The van der Waals surface area contributed by atoms with Crippen molar-refractivity contribution in [1.29, 1.82) is 0 Å². The number of tetrazole rings is 1. The van der Waals surface area contributed by atoms with Crippen molar-refractivity contribution in [2.75, 3.05) is 6.54 Å². The first-order valence-corrected chi connectivity index (χ1v) is 7.32. The van der Waals surface area contributed by atoms with Gasteiger partial charge in [-0.25, -0.2) is 4.68 Å². The molecule has 1 aliphatic rings. The fourth-order valence-electron chi connectivity index (χ4n) is 2.84. The van der Waals surface area contributed by atoms with Crippen LogP contribution in [0.4, 0.5) is 0 Å². The van der Waals surface area contributed by atoms with E-state index in [4.69, 9.17) is 0 Å². The van der Waals surface area contributed by atoms with Crippen LogP contribution in [0, 0.1) is 5.92 Å². The van der Waals surface area contributed by atoms with Crippen LogP contribution in [-0.2, 0) is 6.54 Å². The monoisotopic (exact) mass is 251 g/mol. The Morgan fingerprint density at radius 2 is 2.22 bits per heavy atom. The van der Waals surface area contributed by atoms with Gasteiger partial charge in [0.2, 0.25) is 0 Å². The fourth-order valence-corrected chi connectivity index (χ4v) is 2.84. The highest BCUT2D eigenvalue weighted by molar-refractivity contribution is 4.86. The van der Waals surface area contributed by atoms with Crippen LogP contribution in [0.5, 0.6) is 0 Å². The standard InChI is InChI=1S/C13H25N5/c1-3-8-14-10-13-15-16-17-18(13)12-7-5-6-11(4-2)9-12/h11-12,14H,3-10H2,1-2H3. The average Bonchev–Trinajstić information content (AvgIpc) is 2.87. The minimum Gasteiger partial charge on any atom is -0.310 e. The molecule has 1 aromatic heterocycles. The molecule has 0 saturated heterocycles. The number of hydrogen-bond donors (Lipinski definition) is 1. The first-order chi connectivity index (χ1) is 8.85. The molecule has 2 rings (SSSR count). The molecule has 0 radical (unpaired) electrons. The SMILES string of the molecule is CCCNCc1nnnn1C1CCCC(CC)C1. The summed E-state index contributed by atoms with van der Waals surface area (Å²) in [5.41, 5.74) is 0. The number of rotatable bonds is 6. The second-order valence-electron chi connectivity index (χ2n) is 5.31. The van der Waals surface area contributed by atoms with Crippen LogP contribution in [-0.4, -0.2) is 26.8 Å². The van der Waals surface area contributed by atoms with Crippen molar-refractivity contribution < 1.29 is 0 Å². The Labute approximate surface area is 109 Å². The van der Waals surface area contributed by atoms with Gasteiger partial charge in [0.15, 0.2) is 5.82 Å². The highest BCUT2D eigenvalue weighted by atomic mass is 15.6. The average molecular weight is 251 g/mol. The van der Waals surface area contributed by atoms with Gasteiger partial charge in [0.1, 0.15) is 0 Å². The van der Waals surface area contributed by atoms with Crippen molar-refractivity contribution in [2.45, 2.75) is 65.0 Å². The van der Waals surface area contributed by atoms with E-state index < -0.39 is 0 Å². The van der Waals surface area contributed by atoms with Crippen LogP contribution in [0.1, 0.15) is 64.2 Å².